The summed E-state index contributed by atoms with van der Waals surface area (Å²) in [6, 6.07) is 0. The minimum Gasteiger partial charge on any atom is -0.458 e. The number of hydrogen-bond acceptors (Lipinski definition) is 4. The summed E-state index contributed by atoms with van der Waals surface area (Å²) in [5, 5.41) is 10.8. The van der Waals surface area contributed by atoms with E-state index in [1.807, 2.05) is 6.92 Å². The normalized spacial score (nSPS) is 59.0. The van der Waals surface area contributed by atoms with E-state index in [4.69, 9.17) is 9.47 Å². The lowest BCUT2D eigenvalue weighted by molar-refractivity contribution is -0.146. The van der Waals surface area contributed by atoms with Crippen molar-refractivity contribution in [1.82, 2.24) is 0 Å². The molecule has 4 aliphatic rings. The molecule has 19 heavy (non-hydrogen) atoms. The third-order valence-corrected chi connectivity index (χ3v) is 6.01. The van der Waals surface area contributed by atoms with Gasteiger partial charge in [0, 0.05) is 17.4 Å². The minimum atomic E-state index is -0.693. The van der Waals surface area contributed by atoms with Gasteiger partial charge in [-0.3, -0.25) is 0 Å². The number of aliphatic hydroxyl groups is 1. The highest BCUT2D eigenvalue weighted by molar-refractivity contribution is 5.90. The van der Waals surface area contributed by atoms with Gasteiger partial charge in [0.25, 0.3) is 0 Å². The predicted molar refractivity (Wildman–Crippen MR) is 67.2 cm³/mol. The van der Waals surface area contributed by atoms with Crippen LogP contribution < -0.4 is 0 Å². The Hall–Kier alpha value is -0.870. The second-order valence-corrected chi connectivity index (χ2v) is 7.06. The summed E-state index contributed by atoms with van der Waals surface area (Å²) in [5.41, 5.74) is -0.331. The monoisotopic (exact) mass is 264 g/mol. The maximum absolute atomic E-state index is 11.8. The lowest BCUT2D eigenvalue weighted by Crippen LogP contribution is -2.44. The molecule has 0 aromatic rings. The van der Waals surface area contributed by atoms with Crippen molar-refractivity contribution in [2.45, 2.75) is 56.5 Å². The summed E-state index contributed by atoms with van der Waals surface area (Å²) in [5.74, 6) is 0.0462. The number of hydrogen-bond donors (Lipinski definition) is 1. The van der Waals surface area contributed by atoms with Gasteiger partial charge < -0.3 is 14.6 Å². The standard InChI is InChI=1S/C15H20O4/c1-7-8-4-5-14(2,17)9-6-10-15(3,19-10)11(9)12(8)18-13(7)16/h8-12,17H,1,4-6H2,2-3H3/t8-,9+,10-,11-,12-,14-,15-/m0/s1. The first-order chi connectivity index (χ1) is 8.84. The van der Waals surface area contributed by atoms with Crippen LogP contribution in [0, 0.1) is 17.8 Å². The van der Waals surface area contributed by atoms with Crippen LogP contribution in [-0.4, -0.2) is 34.5 Å². The van der Waals surface area contributed by atoms with Gasteiger partial charge in [-0.15, -0.1) is 0 Å². The maximum atomic E-state index is 11.8. The Balaban J connectivity index is 1.78. The molecule has 4 nitrogen and oxygen atoms in total. The summed E-state index contributed by atoms with van der Waals surface area (Å²) in [6.45, 7) is 7.90. The Morgan fingerprint density at radius 1 is 1.42 bits per heavy atom. The SMILES string of the molecule is C=C1C(=O)O[C@@H]2[C@@H]3[C@@H](C[C@@H]4O[C@]34C)[C@@](C)(O)CC[C@@H]12. The molecule has 1 N–H and O–H groups in total. The highest BCUT2D eigenvalue weighted by Crippen LogP contribution is 2.64. The van der Waals surface area contributed by atoms with Crippen LogP contribution in [0.25, 0.3) is 0 Å². The molecule has 2 aliphatic carbocycles. The molecule has 0 aromatic carbocycles. The van der Waals surface area contributed by atoms with Crippen LogP contribution in [0.5, 0.6) is 0 Å². The van der Waals surface area contributed by atoms with Crippen LogP contribution in [0.4, 0.5) is 0 Å². The van der Waals surface area contributed by atoms with Crippen LogP contribution in [-0.2, 0) is 14.3 Å². The molecule has 0 unspecified atom stereocenters. The predicted octanol–water partition coefficient (Wildman–Crippen LogP) is 1.42. The van der Waals surface area contributed by atoms with Crippen molar-refractivity contribution < 1.29 is 19.4 Å². The Labute approximate surface area is 112 Å². The largest absolute Gasteiger partial charge is 0.458 e. The number of esters is 1. The summed E-state index contributed by atoms with van der Waals surface area (Å²) in [6.07, 6.45) is 2.42. The lowest BCUT2D eigenvalue weighted by atomic mass is 9.75. The number of epoxide rings is 1. The second-order valence-electron chi connectivity index (χ2n) is 7.06. The first-order valence-corrected chi connectivity index (χ1v) is 7.14. The maximum Gasteiger partial charge on any atom is 0.334 e. The summed E-state index contributed by atoms with van der Waals surface area (Å²) >= 11 is 0. The third-order valence-electron chi connectivity index (χ3n) is 6.01. The van der Waals surface area contributed by atoms with Gasteiger partial charge in [-0.1, -0.05) is 6.58 Å². The van der Waals surface area contributed by atoms with Crippen molar-refractivity contribution in [3.63, 3.8) is 0 Å². The molecular weight excluding hydrogens is 244 g/mol. The molecule has 4 fully saturated rings. The fourth-order valence-corrected chi connectivity index (χ4v) is 4.75. The molecule has 2 saturated heterocycles. The van der Waals surface area contributed by atoms with Crippen LogP contribution in [0.15, 0.2) is 12.2 Å². The van der Waals surface area contributed by atoms with E-state index in [2.05, 4.69) is 13.5 Å². The third kappa shape index (κ3) is 1.34. The van der Waals surface area contributed by atoms with Crippen molar-refractivity contribution in [2.24, 2.45) is 17.8 Å². The molecule has 7 atom stereocenters. The zero-order valence-corrected chi connectivity index (χ0v) is 11.4. The Morgan fingerprint density at radius 2 is 2.16 bits per heavy atom. The van der Waals surface area contributed by atoms with E-state index in [1.54, 1.807) is 0 Å². The van der Waals surface area contributed by atoms with Gasteiger partial charge in [0.2, 0.25) is 0 Å². The number of carbonyl (C=O) groups excluding carboxylic acids is 1. The van der Waals surface area contributed by atoms with E-state index in [1.165, 1.54) is 0 Å². The van der Waals surface area contributed by atoms with Crippen LogP contribution in [0.2, 0.25) is 0 Å². The highest BCUT2D eigenvalue weighted by atomic mass is 16.6. The Bertz CT molecular complexity index is 483. The summed E-state index contributed by atoms with van der Waals surface area (Å²) in [7, 11) is 0. The van der Waals surface area contributed by atoms with E-state index in [-0.39, 0.29) is 41.5 Å². The fourth-order valence-electron chi connectivity index (χ4n) is 4.75. The summed E-state index contributed by atoms with van der Waals surface area (Å²) in [4.78, 5) is 11.8. The first-order valence-electron chi connectivity index (χ1n) is 7.14. The molecule has 4 rings (SSSR count). The molecular formula is C15H20O4. The van der Waals surface area contributed by atoms with E-state index < -0.39 is 5.60 Å². The van der Waals surface area contributed by atoms with E-state index in [0.717, 1.165) is 12.8 Å². The Kier molecular flexibility index (Phi) is 2.03. The molecule has 0 spiro atoms. The van der Waals surface area contributed by atoms with Gasteiger partial charge in [-0.05, 0) is 39.0 Å². The van der Waals surface area contributed by atoms with E-state index in [0.29, 0.717) is 12.0 Å². The van der Waals surface area contributed by atoms with Crippen molar-refractivity contribution in [2.75, 3.05) is 0 Å². The number of fused-ring (bicyclic) bond motifs is 5. The van der Waals surface area contributed by atoms with Crippen molar-refractivity contribution in [3.8, 4) is 0 Å². The number of ether oxygens (including phenoxy) is 2. The number of carbonyl (C=O) groups is 1. The molecule has 0 bridgehead atoms. The quantitative estimate of drug-likeness (QED) is 0.408. The Morgan fingerprint density at radius 3 is 2.89 bits per heavy atom. The second kappa shape index (κ2) is 3.23. The smallest absolute Gasteiger partial charge is 0.334 e. The van der Waals surface area contributed by atoms with Crippen molar-refractivity contribution in [1.29, 1.82) is 0 Å². The highest BCUT2D eigenvalue weighted by Gasteiger charge is 2.72. The molecule has 104 valence electrons. The molecule has 0 amide bonds. The van der Waals surface area contributed by atoms with Gasteiger partial charge in [0.1, 0.15) is 6.10 Å². The van der Waals surface area contributed by atoms with Gasteiger partial charge >= 0.3 is 5.97 Å². The summed E-state index contributed by atoms with van der Waals surface area (Å²) < 4.78 is 11.4. The average Bonchev–Trinajstić information content (AvgIpc) is 2.80. The molecule has 2 heterocycles. The molecule has 2 saturated carbocycles. The molecule has 4 heteroatoms. The first kappa shape index (κ1) is 11.9. The zero-order valence-electron chi connectivity index (χ0n) is 11.4. The van der Waals surface area contributed by atoms with Gasteiger partial charge in [-0.25, -0.2) is 4.79 Å². The zero-order chi connectivity index (χ0) is 13.6. The van der Waals surface area contributed by atoms with Gasteiger partial charge in [-0.2, -0.15) is 0 Å². The lowest BCUT2D eigenvalue weighted by Gasteiger charge is -2.36. The average molecular weight is 264 g/mol. The van der Waals surface area contributed by atoms with Gasteiger partial charge in [0.05, 0.1) is 17.3 Å². The van der Waals surface area contributed by atoms with Crippen LogP contribution in [0.1, 0.15) is 33.1 Å². The van der Waals surface area contributed by atoms with Crippen LogP contribution in [0.3, 0.4) is 0 Å². The fraction of sp³-hybridized carbons (Fsp3) is 0.800. The number of rotatable bonds is 0. The topological polar surface area (TPSA) is 59.1 Å². The molecule has 0 aromatic heterocycles. The molecule has 2 aliphatic heterocycles. The van der Waals surface area contributed by atoms with Crippen molar-refractivity contribution in [3.05, 3.63) is 12.2 Å². The van der Waals surface area contributed by atoms with E-state index in [9.17, 15) is 9.90 Å². The van der Waals surface area contributed by atoms with E-state index >= 15 is 0 Å². The van der Waals surface area contributed by atoms with Gasteiger partial charge in [0.15, 0.2) is 0 Å². The minimum absolute atomic E-state index is 0.0498. The van der Waals surface area contributed by atoms with Crippen molar-refractivity contribution >= 4 is 5.97 Å². The van der Waals surface area contributed by atoms with Crippen LogP contribution >= 0.6 is 0 Å². The molecule has 0 radical (unpaired) electrons.